The summed E-state index contributed by atoms with van der Waals surface area (Å²) in [5, 5.41) is 10.1. The summed E-state index contributed by atoms with van der Waals surface area (Å²) < 4.78 is 2.19. The average molecular weight is 293 g/mol. The van der Waals surface area contributed by atoms with Crippen LogP contribution in [0.25, 0.3) is 10.9 Å². The molecule has 2 aromatic carbocycles. The van der Waals surface area contributed by atoms with Crippen molar-refractivity contribution in [1.29, 1.82) is 0 Å². The fraction of sp³-hybridized carbons (Fsp3) is 0.211. The lowest BCUT2D eigenvalue weighted by Crippen LogP contribution is -2.03. The first kappa shape index (κ1) is 14.4. The molecule has 112 valence electrons. The minimum atomic E-state index is -0.799. The van der Waals surface area contributed by atoms with Gasteiger partial charge >= 0.3 is 5.97 Å². The van der Waals surface area contributed by atoms with Crippen LogP contribution in [0.15, 0.2) is 48.7 Å². The van der Waals surface area contributed by atoms with Gasteiger partial charge in [-0.3, -0.25) is 4.79 Å². The maximum absolute atomic E-state index is 10.9. The molecule has 3 aromatic rings. The lowest BCUT2D eigenvalue weighted by atomic mass is 10.0. The quantitative estimate of drug-likeness (QED) is 0.792. The van der Waals surface area contributed by atoms with Crippen LogP contribution in [0.3, 0.4) is 0 Å². The van der Waals surface area contributed by atoms with E-state index in [2.05, 4.69) is 48.9 Å². The Balaban J connectivity index is 2.02. The average Bonchev–Trinajstić information content (AvgIpc) is 2.85. The van der Waals surface area contributed by atoms with E-state index in [0.29, 0.717) is 0 Å². The fourth-order valence-electron chi connectivity index (χ4n) is 2.92. The summed E-state index contributed by atoms with van der Waals surface area (Å²) in [4.78, 5) is 10.9. The van der Waals surface area contributed by atoms with Crippen LogP contribution in [-0.4, -0.2) is 15.6 Å². The van der Waals surface area contributed by atoms with E-state index < -0.39 is 5.97 Å². The first-order valence-electron chi connectivity index (χ1n) is 7.39. The van der Waals surface area contributed by atoms with Crippen molar-refractivity contribution in [2.24, 2.45) is 0 Å². The molecule has 3 nitrogen and oxygen atoms in total. The van der Waals surface area contributed by atoms with Gasteiger partial charge in [-0.05, 0) is 53.6 Å². The lowest BCUT2D eigenvalue weighted by molar-refractivity contribution is -0.136. The molecule has 1 heterocycles. The first-order valence-corrected chi connectivity index (χ1v) is 7.39. The molecule has 3 rings (SSSR count). The number of aromatic nitrogens is 1. The van der Waals surface area contributed by atoms with Crippen LogP contribution >= 0.6 is 0 Å². The number of carbonyl (C=O) groups is 1. The molecular weight excluding hydrogens is 274 g/mol. The third-order valence-corrected chi connectivity index (χ3v) is 4.17. The number of hydrogen-bond donors (Lipinski definition) is 1. The second-order valence-electron chi connectivity index (χ2n) is 5.78. The molecule has 0 aliphatic rings. The van der Waals surface area contributed by atoms with Crippen LogP contribution in [0.2, 0.25) is 0 Å². The zero-order valence-electron chi connectivity index (χ0n) is 12.8. The SMILES string of the molecule is Cc1cccc(C)c1Cn1ccc2ccc(CC(=O)O)cc21. The number of carboxylic acids is 1. The summed E-state index contributed by atoms with van der Waals surface area (Å²) in [6.07, 6.45) is 2.13. The van der Waals surface area contributed by atoms with Gasteiger partial charge in [-0.2, -0.15) is 0 Å². The van der Waals surface area contributed by atoms with Gasteiger partial charge in [0, 0.05) is 18.3 Å². The molecule has 0 saturated heterocycles. The number of carboxylic acid groups (broad SMARTS) is 1. The Morgan fingerprint density at radius 3 is 2.50 bits per heavy atom. The minimum absolute atomic E-state index is 0.0600. The molecule has 1 N–H and O–H groups in total. The van der Waals surface area contributed by atoms with Gasteiger partial charge in [0.15, 0.2) is 0 Å². The van der Waals surface area contributed by atoms with Crippen LogP contribution in [0.1, 0.15) is 22.3 Å². The van der Waals surface area contributed by atoms with E-state index in [9.17, 15) is 4.79 Å². The summed E-state index contributed by atoms with van der Waals surface area (Å²) in [5.74, 6) is -0.799. The van der Waals surface area contributed by atoms with Gasteiger partial charge < -0.3 is 9.67 Å². The Hall–Kier alpha value is -2.55. The summed E-state index contributed by atoms with van der Waals surface area (Å²) in [7, 11) is 0. The molecule has 0 saturated carbocycles. The summed E-state index contributed by atoms with van der Waals surface area (Å²) in [6.45, 7) is 5.06. The zero-order valence-corrected chi connectivity index (χ0v) is 12.8. The van der Waals surface area contributed by atoms with Crippen molar-refractivity contribution < 1.29 is 9.90 Å². The molecule has 0 unspecified atom stereocenters. The Morgan fingerprint density at radius 2 is 1.82 bits per heavy atom. The lowest BCUT2D eigenvalue weighted by Gasteiger charge is -2.12. The highest BCUT2D eigenvalue weighted by atomic mass is 16.4. The second-order valence-corrected chi connectivity index (χ2v) is 5.78. The minimum Gasteiger partial charge on any atom is -0.481 e. The monoisotopic (exact) mass is 293 g/mol. The molecule has 0 atom stereocenters. The molecule has 0 radical (unpaired) electrons. The summed E-state index contributed by atoms with van der Waals surface area (Å²) in [6, 6.07) is 14.3. The predicted molar refractivity (Wildman–Crippen MR) is 88.3 cm³/mol. The molecule has 1 aromatic heterocycles. The molecule has 0 amide bonds. The maximum atomic E-state index is 10.9. The van der Waals surface area contributed by atoms with Gasteiger partial charge in [-0.15, -0.1) is 0 Å². The van der Waals surface area contributed by atoms with Crippen molar-refractivity contribution in [2.75, 3.05) is 0 Å². The van der Waals surface area contributed by atoms with Crippen LogP contribution in [0, 0.1) is 13.8 Å². The highest BCUT2D eigenvalue weighted by Crippen LogP contribution is 2.22. The first-order chi connectivity index (χ1) is 10.5. The molecule has 0 spiro atoms. The number of aryl methyl sites for hydroxylation is 2. The molecule has 3 heteroatoms. The van der Waals surface area contributed by atoms with Crippen molar-refractivity contribution >= 4 is 16.9 Å². The third-order valence-electron chi connectivity index (χ3n) is 4.17. The Kier molecular flexibility index (Phi) is 3.72. The molecule has 0 bridgehead atoms. The number of benzene rings is 2. The molecular formula is C19H19NO2. The molecule has 0 aliphatic heterocycles. The van der Waals surface area contributed by atoms with E-state index in [1.807, 2.05) is 18.2 Å². The van der Waals surface area contributed by atoms with Gasteiger partial charge in [0.1, 0.15) is 0 Å². The van der Waals surface area contributed by atoms with Crippen molar-refractivity contribution in [3.63, 3.8) is 0 Å². The van der Waals surface area contributed by atoms with Crippen LogP contribution in [0.4, 0.5) is 0 Å². The molecule has 22 heavy (non-hydrogen) atoms. The highest BCUT2D eigenvalue weighted by Gasteiger charge is 2.08. The maximum Gasteiger partial charge on any atom is 0.307 e. The van der Waals surface area contributed by atoms with Crippen molar-refractivity contribution in [1.82, 2.24) is 4.57 Å². The van der Waals surface area contributed by atoms with Gasteiger partial charge in [-0.25, -0.2) is 0 Å². The number of fused-ring (bicyclic) bond motifs is 1. The van der Waals surface area contributed by atoms with Crippen LogP contribution in [-0.2, 0) is 17.8 Å². The number of rotatable bonds is 4. The number of hydrogen-bond acceptors (Lipinski definition) is 1. The molecule has 0 aliphatic carbocycles. The molecule has 0 fully saturated rings. The fourth-order valence-corrected chi connectivity index (χ4v) is 2.92. The smallest absolute Gasteiger partial charge is 0.307 e. The van der Waals surface area contributed by atoms with E-state index in [1.165, 1.54) is 16.7 Å². The predicted octanol–water partition coefficient (Wildman–Crippen LogP) is 3.93. The third kappa shape index (κ3) is 2.75. The van der Waals surface area contributed by atoms with Crippen molar-refractivity contribution in [3.05, 3.63) is 70.9 Å². The van der Waals surface area contributed by atoms with Crippen molar-refractivity contribution in [2.45, 2.75) is 26.8 Å². The number of nitrogens with zero attached hydrogens (tertiary/aromatic N) is 1. The van der Waals surface area contributed by atoms with E-state index >= 15 is 0 Å². The Labute approximate surface area is 129 Å². The Morgan fingerprint density at radius 1 is 1.09 bits per heavy atom. The Bertz CT molecular complexity index is 826. The summed E-state index contributed by atoms with van der Waals surface area (Å²) in [5.41, 5.74) is 5.80. The van der Waals surface area contributed by atoms with Gasteiger partial charge in [0.25, 0.3) is 0 Å². The van der Waals surface area contributed by atoms with E-state index in [-0.39, 0.29) is 6.42 Å². The van der Waals surface area contributed by atoms with Gasteiger partial charge in [0.2, 0.25) is 0 Å². The van der Waals surface area contributed by atoms with Gasteiger partial charge in [-0.1, -0.05) is 30.3 Å². The van der Waals surface area contributed by atoms with Crippen LogP contribution < -0.4 is 0 Å². The van der Waals surface area contributed by atoms with Gasteiger partial charge in [0.05, 0.1) is 6.42 Å². The van der Waals surface area contributed by atoms with Crippen LogP contribution in [0.5, 0.6) is 0 Å². The van der Waals surface area contributed by atoms with E-state index in [1.54, 1.807) is 0 Å². The summed E-state index contributed by atoms with van der Waals surface area (Å²) >= 11 is 0. The standard InChI is InChI=1S/C19H19NO2/c1-13-4-3-5-14(2)17(13)12-20-9-8-16-7-6-15(10-18(16)20)11-19(21)22/h3-10H,11-12H2,1-2H3,(H,21,22). The van der Waals surface area contributed by atoms with E-state index in [0.717, 1.165) is 23.0 Å². The van der Waals surface area contributed by atoms with E-state index in [4.69, 9.17) is 5.11 Å². The van der Waals surface area contributed by atoms with Crippen molar-refractivity contribution in [3.8, 4) is 0 Å². The normalized spacial score (nSPS) is 11.0. The topological polar surface area (TPSA) is 42.2 Å². The second kappa shape index (κ2) is 5.68. The number of aliphatic carboxylic acids is 1. The largest absolute Gasteiger partial charge is 0.481 e. The highest BCUT2D eigenvalue weighted by molar-refractivity contribution is 5.82. The zero-order chi connectivity index (χ0) is 15.7.